The van der Waals surface area contributed by atoms with E-state index in [-0.39, 0.29) is 38.2 Å². The number of nitrogens with zero attached hydrogens (tertiary/aromatic N) is 4. The highest BCUT2D eigenvalue weighted by Gasteiger charge is 2.23. The van der Waals surface area contributed by atoms with Gasteiger partial charge in [0.2, 0.25) is 5.95 Å². The zero-order valence-corrected chi connectivity index (χ0v) is 30.5. The summed E-state index contributed by atoms with van der Waals surface area (Å²) in [6.07, 6.45) is 0. The first-order valence-electron chi connectivity index (χ1n) is 18.5. The molecule has 11 rings (SSSR count). The Morgan fingerprint density at radius 2 is 0.895 bits per heavy atom. The van der Waals surface area contributed by atoms with E-state index in [1.165, 1.54) is 5.39 Å². The normalized spacial score (nSPS) is 12.0. The van der Waals surface area contributed by atoms with Gasteiger partial charge in [0.05, 0.1) is 33.3 Å². The van der Waals surface area contributed by atoms with Gasteiger partial charge in [-0.2, -0.15) is 0 Å². The van der Waals surface area contributed by atoms with E-state index in [0.717, 1.165) is 71.2 Å². The number of benzene rings is 8. The lowest BCUT2D eigenvalue weighted by Crippen LogP contribution is -2.52. The van der Waals surface area contributed by atoms with Gasteiger partial charge >= 0.3 is 0 Å². The second-order valence-electron chi connectivity index (χ2n) is 14.5. The van der Waals surface area contributed by atoms with Crippen molar-refractivity contribution < 1.29 is 0 Å². The van der Waals surface area contributed by atoms with E-state index in [0.29, 0.717) is 22.4 Å². The monoisotopic (exact) mass is 706 g/mol. The van der Waals surface area contributed by atoms with Crippen molar-refractivity contribution in [3.63, 3.8) is 0 Å². The predicted molar refractivity (Wildman–Crippen MR) is 246 cm³/mol. The fraction of sp³-hybridized carbons (Fsp3) is 0. The summed E-state index contributed by atoms with van der Waals surface area (Å²) in [5, 5.41) is 8.31. The summed E-state index contributed by atoms with van der Waals surface area (Å²) in [4.78, 5) is 10.6. The molecule has 3 heterocycles. The molecule has 0 amide bonds. The van der Waals surface area contributed by atoms with Crippen molar-refractivity contribution in [1.29, 1.82) is 0 Å². The second kappa shape index (κ2) is 12.3. The summed E-state index contributed by atoms with van der Waals surface area (Å²) in [5.41, 5.74) is 8.10. The fourth-order valence-corrected chi connectivity index (χ4v) is 8.74. The van der Waals surface area contributed by atoms with Crippen molar-refractivity contribution in [3.8, 4) is 22.9 Å². The quantitative estimate of drug-likeness (QED) is 0.265. The minimum absolute atomic E-state index is 0.138. The van der Waals surface area contributed by atoms with E-state index in [1.54, 1.807) is 0 Å². The van der Waals surface area contributed by atoms with Gasteiger partial charge < -0.3 is 4.57 Å². The van der Waals surface area contributed by atoms with Crippen LogP contribution >= 0.6 is 0 Å². The Kier molecular flexibility index (Phi) is 7.35. The third kappa shape index (κ3) is 4.72. The van der Waals surface area contributed by atoms with Crippen molar-refractivity contribution in [3.05, 3.63) is 127 Å². The molecule has 3 aromatic heterocycles. The molecule has 0 bridgehead atoms. The topological polar surface area (TPSA) is 35.6 Å². The summed E-state index contributed by atoms with van der Waals surface area (Å²) < 4.78 is 4.21. The fourth-order valence-electron chi connectivity index (χ4n) is 8.74. The van der Waals surface area contributed by atoms with Crippen LogP contribution in [0.3, 0.4) is 0 Å². The largest absolute Gasteiger partial charge is 0.309 e. The minimum atomic E-state index is 0.138. The lowest BCUT2D eigenvalue weighted by molar-refractivity contribution is 1.01. The van der Waals surface area contributed by atoms with Crippen LogP contribution in [0.2, 0.25) is 0 Å². The van der Waals surface area contributed by atoms with Crippen LogP contribution in [0.4, 0.5) is 0 Å². The second-order valence-corrected chi connectivity index (χ2v) is 14.5. The Bertz CT molecular complexity index is 3560. The van der Waals surface area contributed by atoms with Crippen LogP contribution in [-0.4, -0.2) is 74.0 Å². The highest BCUT2D eigenvalue weighted by Crippen LogP contribution is 2.38. The minimum Gasteiger partial charge on any atom is -0.309 e. The number of para-hydroxylation sites is 3. The van der Waals surface area contributed by atoms with Crippen LogP contribution in [0, 0.1) is 0 Å². The SMILES string of the molecule is [B]c1c([B])c([B])c2c(-n3c4ccccc4c4cc(-c5nc(-n6c7ccccc7c7cc8ccccc8cc76)nc6ccccc56)ccc43)c([B])c([B])c([B])c2c1[B]. The maximum Gasteiger partial charge on any atom is 0.235 e. The van der Waals surface area contributed by atoms with Crippen LogP contribution in [0.1, 0.15) is 0 Å². The van der Waals surface area contributed by atoms with Gasteiger partial charge in [-0.1, -0.05) is 107 Å². The van der Waals surface area contributed by atoms with Gasteiger partial charge in [0.25, 0.3) is 0 Å². The average molecular weight is 705 g/mol. The molecular formula is C46H21B7N4. The summed E-state index contributed by atoms with van der Waals surface area (Å²) >= 11 is 0. The van der Waals surface area contributed by atoms with E-state index >= 15 is 0 Å². The van der Waals surface area contributed by atoms with Gasteiger partial charge in [-0.05, 0) is 64.0 Å². The van der Waals surface area contributed by atoms with E-state index in [4.69, 9.17) is 64.9 Å². The molecule has 0 aliphatic rings. The third-order valence-electron chi connectivity index (χ3n) is 11.5. The van der Waals surface area contributed by atoms with Crippen LogP contribution < -0.4 is 38.2 Å². The first kappa shape index (κ1) is 34.0. The summed E-state index contributed by atoms with van der Waals surface area (Å²) in [6.45, 7) is 0. The molecule has 11 aromatic rings. The molecule has 0 fully saturated rings. The first-order chi connectivity index (χ1) is 27.7. The smallest absolute Gasteiger partial charge is 0.235 e. The number of hydrogen-bond acceptors (Lipinski definition) is 2. The molecule has 11 heteroatoms. The molecule has 0 N–H and O–H groups in total. The van der Waals surface area contributed by atoms with Crippen molar-refractivity contribution in [1.82, 2.24) is 19.1 Å². The standard InChI is InChI=1S/C46H21B7N4/c47-37-35-36(39(49)41(51)40(37)50)45(43(53)42(52)38(35)48)56-31-15-7-4-11-25(31)28-20-24(17-18-33(28)56)44-27-13-3-6-14-30(27)54-46(55-44)57-32-16-8-5-12-26(32)29-19-22-9-1-2-10-23(22)21-34(29)57/h1-21H. The lowest BCUT2D eigenvalue weighted by atomic mass is 9.60. The van der Waals surface area contributed by atoms with Crippen molar-refractivity contribution >= 4 is 169 Å². The maximum atomic E-state index is 6.87. The van der Waals surface area contributed by atoms with E-state index in [1.807, 2.05) is 41.0 Å². The molecule has 0 atom stereocenters. The van der Waals surface area contributed by atoms with E-state index in [2.05, 4.69) is 95.6 Å². The molecule has 0 unspecified atom stereocenters. The van der Waals surface area contributed by atoms with Crippen LogP contribution in [0.15, 0.2) is 127 Å². The Hall–Kier alpha value is -6.33. The zero-order valence-electron chi connectivity index (χ0n) is 30.5. The zero-order chi connectivity index (χ0) is 38.9. The van der Waals surface area contributed by atoms with Gasteiger partial charge in [0.1, 0.15) is 54.9 Å². The number of fused-ring (bicyclic) bond motifs is 9. The third-order valence-corrected chi connectivity index (χ3v) is 11.5. The van der Waals surface area contributed by atoms with Gasteiger partial charge in [0, 0.05) is 38.2 Å². The first-order valence-corrected chi connectivity index (χ1v) is 18.5. The van der Waals surface area contributed by atoms with Gasteiger partial charge in [-0.15, -0.1) is 16.4 Å². The van der Waals surface area contributed by atoms with Gasteiger partial charge in [0.15, 0.2) is 0 Å². The molecule has 0 aliphatic carbocycles. The summed E-state index contributed by atoms with van der Waals surface area (Å²) in [6, 6.07) is 43.8. The summed E-state index contributed by atoms with van der Waals surface area (Å²) in [7, 11) is 46.1. The van der Waals surface area contributed by atoms with E-state index in [9.17, 15) is 0 Å². The van der Waals surface area contributed by atoms with Crippen molar-refractivity contribution in [2.75, 3.05) is 0 Å². The Balaban J connectivity index is 1.21. The molecule has 57 heavy (non-hydrogen) atoms. The van der Waals surface area contributed by atoms with Crippen LogP contribution in [0.5, 0.6) is 0 Å². The molecule has 14 radical (unpaired) electrons. The van der Waals surface area contributed by atoms with Crippen molar-refractivity contribution in [2.24, 2.45) is 0 Å². The van der Waals surface area contributed by atoms with Crippen LogP contribution in [0.25, 0.3) is 99.0 Å². The molecule has 8 aromatic carbocycles. The number of aromatic nitrogens is 4. The van der Waals surface area contributed by atoms with Gasteiger partial charge in [-0.3, -0.25) is 4.57 Å². The number of rotatable bonds is 3. The molecule has 0 spiro atoms. The Morgan fingerprint density at radius 3 is 1.60 bits per heavy atom. The lowest BCUT2D eigenvalue weighted by Gasteiger charge is -2.26. The average Bonchev–Trinajstić information content (AvgIpc) is 3.74. The molecular weight excluding hydrogens is 684 g/mol. The number of hydrogen-bond donors (Lipinski definition) is 0. The molecule has 0 aliphatic heterocycles. The molecule has 0 saturated heterocycles. The highest BCUT2D eigenvalue weighted by atomic mass is 15.2. The highest BCUT2D eigenvalue weighted by molar-refractivity contribution is 6.71. The molecule has 4 nitrogen and oxygen atoms in total. The van der Waals surface area contributed by atoms with E-state index < -0.39 is 0 Å². The van der Waals surface area contributed by atoms with Gasteiger partial charge in [-0.25, -0.2) is 9.97 Å². The Morgan fingerprint density at radius 1 is 0.368 bits per heavy atom. The molecule has 0 saturated carbocycles. The predicted octanol–water partition coefficient (Wildman–Crippen LogP) is 3.35. The molecule has 246 valence electrons. The Labute approximate surface area is 337 Å². The van der Waals surface area contributed by atoms with Crippen LogP contribution in [-0.2, 0) is 0 Å². The summed E-state index contributed by atoms with van der Waals surface area (Å²) in [5.74, 6) is 0.578. The van der Waals surface area contributed by atoms with Crippen molar-refractivity contribution in [2.45, 2.75) is 0 Å². The maximum absolute atomic E-state index is 6.87.